The van der Waals surface area contributed by atoms with Crippen molar-refractivity contribution in [1.29, 1.82) is 0 Å². The molecule has 3 rings (SSSR count). The molecule has 1 aromatic carbocycles. The van der Waals surface area contributed by atoms with Crippen molar-refractivity contribution in [3.63, 3.8) is 0 Å². The predicted molar refractivity (Wildman–Crippen MR) is 123 cm³/mol. The number of ether oxygens (including phenoxy) is 2. The van der Waals surface area contributed by atoms with Crippen molar-refractivity contribution in [2.45, 2.75) is 51.0 Å². The molecule has 2 atom stereocenters. The molecule has 11 heteroatoms. The Labute approximate surface area is 196 Å². The normalized spacial score (nSPS) is 16.4. The Hall–Kier alpha value is -2.76. The summed E-state index contributed by atoms with van der Waals surface area (Å²) >= 11 is 1.34. The largest absolute Gasteiger partial charge is 0.462 e. The third kappa shape index (κ3) is 5.79. The van der Waals surface area contributed by atoms with E-state index in [1.165, 1.54) is 42.5 Å². The molecule has 1 aliphatic carbocycles. The number of carbonyl (C=O) groups excluding carboxylic acids is 3. The first-order chi connectivity index (χ1) is 15.5. The van der Waals surface area contributed by atoms with Gasteiger partial charge in [0.2, 0.25) is 10.0 Å². The summed E-state index contributed by atoms with van der Waals surface area (Å²) in [6, 6.07) is 4.86. The van der Waals surface area contributed by atoms with Crippen molar-refractivity contribution in [3.05, 3.63) is 45.8 Å². The number of hydrogen-bond donors (Lipinski definition) is 2. The minimum absolute atomic E-state index is 0.0647. The average molecular weight is 495 g/mol. The van der Waals surface area contributed by atoms with Crippen LogP contribution in [0.1, 0.15) is 58.3 Å². The number of rotatable bonds is 7. The van der Waals surface area contributed by atoms with Crippen LogP contribution in [0.4, 0.5) is 5.00 Å². The summed E-state index contributed by atoms with van der Waals surface area (Å²) in [5.41, 5.74) is 1.34. The smallest absolute Gasteiger partial charge is 0.341 e. The van der Waals surface area contributed by atoms with Crippen LogP contribution >= 0.6 is 11.3 Å². The molecule has 0 aliphatic heterocycles. The van der Waals surface area contributed by atoms with Gasteiger partial charge in [-0.25, -0.2) is 23.1 Å². The zero-order valence-electron chi connectivity index (χ0n) is 18.5. The van der Waals surface area contributed by atoms with Crippen molar-refractivity contribution in [2.24, 2.45) is 11.1 Å². The van der Waals surface area contributed by atoms with E-state index in [2.05, 4.69) is 12.2 Å². The molecule has 1 aliphatic rings. The van der Waals surface area contributed by atoms with Crippen molar-refractivity contribution >= 4 is 44.2 Å². The van der Waals surface area contributed by atoms with Crippen LogP contribution in [0.3, 0.4) is 0 Å². The summed E-state index contributed by atoms with van der Waals surface area (Å²) in [6.07, 6.45) is 1.34. The van der Waals surface area contributed by atoms with Gasteiger partial charge in [0.15, 0.2) is 6.10 Å². The first kappa shape index (κ1) is 24.9. The fourth-order valence-electron chi connectivity index (χ4n) is 3.53. The van der Waals surface area contributed by atoms with E-state index in [-0.39, 0.29) is 17.1 Å². The van der Waals surface area contributed by atoms with Gasteiger partial charge in [-0.05, 0) is 68.9 Å². The number of nitrogens with one attached hydrogen (secondary N) is 1. The van der Waals surface area contributed by atoms with Gasteiger partial charge in [-0.15, -0.1) is 11.3 Å². The van der Waals surface area contributed by atoms with E-state index in [1.807, 2.05) is 0 Å². The number of carbonyl (C=O) groups is 3. The summed E-state index contributed by atoms with van der Waals surface area (Å²) < 4.78 is 33.1. The lowest BCUT2D eigenvalue weighted by Crippen LogP contribution is -2.30. The standard InChI is InChI=1S/C22H26N2O7S2/c1-4-30-22(27)18-16-10-5-12(2)11-17(16)32-20(18)24-19(25)13(3)31-21(26)14-6-8-15(9-7-14)33(23,28)29/h6-9,12-13H,4-5,10-11H2,1-3H3,(H,24,25)(H2,23,28,29)/t12-,13+/m1/s1. The number of benzene rings is 1. The van der Waals surface area contributed by atoms with Crippen LogP contribution in [0.25, 0.3) is 0 Å². The third-order valence-electron chi connectivity index (χ3n) is 5.30. The maximum Gasteiger partial charge on any atom is 0.341 e. The van der Waals surface area contributed by atoms with E-state index >= 15 is 0 Å². The number of fused-ring (bicyclic) bond motifs is 1. The molecule has 178 valence electrons. The second-order valence-electron chi connectivity index (χ2n) is 7.88. The van der Waals surface area contributed by atoms with Gasteiger partial charge < -0.3 is 14.8 Å². The maximum absolute atomic E-state index is 12.7. The lowest BCUT2D eigenvalue weighted by molar-refractivity contribution is -0.123. The van der Waals surface area contributed by atoms with Crippen LogP contribution in [-0.4, -0.2) is 39.0 Å². The number of amides is 1. The topological polar surface area (TPSA) is 142 Å². The highest BCUT2D eigenvalue weighted by Gasteiger charge is 2.30. The van der Waals surface area contributed by atoms with Gasteiger partial charge in [-0.3, -0.25) is 4.79 Å². The van der Waals surface area contributed by atoms with Gasteiger partial charge in [0.05, 0.1) is 22.6 Å². The molecule has 0 saturated heterocycles. The molecule has 9 nitrogen and oxygen atoms in total. The van der Waals surface area contributed by atoms with E-state index in [4.69, 9.17) is 14.6 Å². The molecule has 0 unspecified atom stereocenters. The Balaban J connectivity index is 1.74. The maximum atomic E-state index is 12.7. The molecular weight excluding hydrogens is 468 g/mol. The second kappa shape index (κ2) is 10.0. The number of nitrogens with two attached hydrogens (primary N) is 1. The molecule has 3 N–H and O–H groups in total. The summed E-state index contributed by atoms with van der Waals surface area (Å²) in [7, 11) is -3.89. The summed E-state index contributed by atoms with van der Waals surface area (Å²) in [4.78, 5) is 38.6. The molecule has 1 heterocycles. The molecule has 1 aromatic heterocycles. The SMILES string of the molecule is CCOC(=O)c1c(NC(=O)[C@H](C)OC(=O)c2ccc(S(N)(=O)=O)cc2)sc2c1CC[C@@H](C)C2. The van der Waals surface area contributed by atoms with Crippen LogP contribution in [0.2, 0.25) is 0 Å². The second-order valence-corrected chi connectivity index (χ2v) is 10.5. The summed E-state index contributed by atoms with van der Waals surface area (Å²) in [5, 5.41) is 8.14. The fraction of sp³-hybridized carbons (Fsp3) is 0.409. The van der Waals surface area contributed by atoms with E-state index < -0.39 is 34.0 Å². The molecule has 0 saturated carbocycles. The van der Waals surface area contributed by atoms with Gasteiger partial charge in [-0.1, -0.05) is 6.92 Å². The van der Waals surface area contributed by atoms with Crippen LogP contribution in [0.15, 0.2) is 29.2 Å². The van der Waals surface area contributed by atoms with Crippen LogP contribution < -0.4 is 10.5 Å². The lowest BCUT2D eigenvalue weighted by atomic mass is 9.88. The summed E-state index contributed by atoms with van der Waals surface area (Å²) in [6.45, 7) is 5.48. The minimum atomic E-state index is -3.89. The Morgan fingerprint density at radius 2 is 1.88 bits per heavy atom. The predicted octanol–water partition coefficient (Wildman–Crippen LogP) is 2.88. The van der Waals surface area contributed by atoms with Crippen LogP contribution in [0, 0.1) is 5.92 Å². The minimum Gasteiger partial charge on any atom is -0.462 e. The number of hydrogen-bond acceptors (Lipinski definition) is 8. The Morgan fingerprint density at radius 1 is 1.21 bits per heavy atom. The molecule has 0 radical (unpaired) electrons. The molecule has 0 bridgehead atoms. The van der Waals surface area contributed by atoms with Gasteiger partial charge in [-0.2, -0.15) is 0 Å². The van der Waals surface area contributed by atoms with E-state index in [0.717, 1.165) is 29.7 Å². The number of primary sulfonamides is 1. The molecular formula is C22H26N2O7S2. The van der Waals surface area contributed by atoms with E-state index in [1.54, 1.807) is 6.92 Å². The van der Waals surface area contributed by atoms with Crippen molar-refractivity contribution in [2.75, 3.05) is 11.9 Å². The quantitative estimate of drug-likeness (QED) is 0.564. The van der Waals surface area contributed by atoms with Crippen LogP contribution in [0.5, 0.6) is 0 Å². The van der Waals surface area contributed by atoms with Gasteiger partial charge in [0, 0.05) is 4.88 Å². The molecule has 33 heavy (non-hydrogen) atoms. The van der Waals surface area contributed by atoms with Crippen molar-refractivity contribution in [3.8, 4) is 0 Å². The number of anilines is 1. The zero-order chi connectivity index (χ0) is 24.3. The van der Waals surface area contributed by atoms with Crippen LogP contribution in [-0.2, 0) is 37.1 Å². The molecule has 0 fully saturated rings. The monoisotopic (exact) mass is 494 g/mol. The van der Waals surface area contributed by atoms with Crippen molar-refractivity contribution < 1.29 is 32.3 Å². The number of sulfonamides is 1. The van der Waals surface area contributed by atoms with Crippen molar-refractivity contribution in [1.82, 2.24) is 0 Å². The Kier molecular flexibility index (Phi) is 7.55. The molecule has 0 spiro atoms. The lowest BCUT2D eigenvalue weighted by Gasteiger charge is -2.18. The van der Waals surface area contributed by atoms with Gasteiger partial charge >= 0.3 is 11.9 Å². The van der Waals surface area contributed by atoms with E-state index in [9.17, 15) is 22.8 Å². The average Bonchev–Trinajstić information content (AvgIpc) is 3.10. The highest BCUT2D eigenvalue weighted by molar-refractivity contribution is 7.89. The Morgan fingerprint density at radius 3 is 2.48 bits per heavy atom. The van der Waals surface area contributed by atoms with E-state index in [0.29, 0.717) is 16.5 Å². The zero-order valence-corrected chi connectivity index (χ0v) is 20.2. The van der Waals surface area contributed by atoms with Gasteiger partial charge in [0.25, 0.3) is 5.91 Å². The molecule has 2 aromatic rings. The highest BCUT2D eigenvalue weighted by Crippen LogP contribution is 2.40. The first-order valence-corrected chi connectivity index (χ1v) is 12.8. The summed E-state index contributed by atoms with van der Waals surface area (Å²) in [5.74, 6) is -1.40. The number of thiophene rings is 1. The highest BCUT2D eigenvalue weighted by atomic mass is 32.2. The number of esters is 2. The van der Waals surface area contributed by atoms with Gasteiger partial charge in [0.1, 0.15) is 5.00 Å². The fourth-order valence-corrected chi connectivity index (χ4v) is 5.45. The first-order valence-electron chi connectivity index (χ1n) is 10.5. The Bertz CT molecular complexity index is 1170. The third-order valence-corrected chi connectivity index (χ3v) is 7.40. The molecule has 1 amide bonds.